The van der Waals surface area contributed by atoms with Gasteiger partial charge in [-0.1, -0.05) is 13.0 Å². The first-order valence-corrected chi connectivity index (χ1v) is 4.23. The van der Waals surface area contributed by atoms with Crippen LogP contribution in [0.5, 0.6) is 0 Å². The van der Waals surface area contributed by atoms with E-state index < -0.39 is 0 Å². The van der Waals surface area contributed by atoms with Crippen LogP contribution < -0.4 is 0 Å². The van der Waals surface area contributed by atoms with Gasteiger partial charge in [-0.15, -0.1) is 0 Å². The van der Waals surface area contributed by atoms with Gasteiger partial charge in [0.25, 0.3) is 0 Å². The third kappa shape index (κ3) is 1.05. The molecule has 0 spiro atoms. The average molecular weight is 147 g/mol. The second kappa shape index (κ2) is 2.33. The van der Waals surface area contributed by atoms with Crippen molar-refractivity contribution >= 4 is 0 Å². The van der Waals surface area contributed by atoms with Gasteiger partial charge in [0, 0.05) is 11.9 Å². The molecule has 0 fully saturated rings. The number of fused-ring (bicyclic) bond motifs is 1. The minimum Gasteiger partial charge on any atom is -0.260 e. The van der Waals surface area contributed by atoms with Crippen molar-refractivity contribution in [3.8, 4) is 0 Å². The van der Waals surface area contributed by atoms with Crippen LogP contribution in [-0.2, 0) is 6.42 Å². The smallest absolute Gasteiger partial charge is 0.0463 e. The van der Waals surface area contributed by atoms with Gasteiger partial charge in [0.05, 0.1) is 0 Å². The molecular weight excluding hydrogens is 134 g/mol. The molecule has 1 nitrogen and oxygen atoms in total. The van der Waals surface area contributed by atoms with Crippen LogP contribution in [0, 0.1) is 6.92 Å². The highest BCUT2D eigenvalue weighted by molar-refractivity contribution is 5.30. The molecule has 0 bridgehead atoms. The lowest BCUT2D eigenvalue weighted by molar-refractivity contribution is 0.731. The highest BCUT2D eigenvalue weighted by Gasteiger charge is 2.19. The lowest BCUT2D eigenvalue weighted by Crippen LogP contribution is -1.91. The van der Waals surface area contributed by atoms with Crippen molar-refractivity contribution in [3.05, 3.63) is 29.1 Å². The monoisotopic (exact) mass is 147 g/mol. The highest BCUT2D eigenvalue weighted by atomic mass is 14.7. The second-order valence-corrected chi connectivity index (χ2v) is 3.50. The zero-order valence-electron chi connectivity index (χ0n) is 7.09. The first-order chi connectivity index (χ1) is 5.27. The first-order valence-electron chi connectivity index (χ1n) is 4.23. The van der Waals surface area contributed by atoms with E-state index in [0.29, 0.717) is 5.92 Å². The molecule has 1 heterocycles. The van der Waals surface area contributed by atoms with Crippen LogP contribution in [-0.4, -0.2) is 4.98 Å². The van der Waals surface area contributed by atoms with E-state index in [9.17, 15) is 0 Å². The lowest BCUT2D eigenvalue weighted by atomic mass is 10.1. The quantitative estimate of drug-likeness (QED) is 0.549. The summed E-state index contributed by atoms with van der Waals surface area (Å²) in [6.07, 6.45) is 4.48. The normalized spacial score (nSPS) is 21.8. The molecular formula is C10H13N. The van der Waals surface area contributed by atoms with Gasteiger partial charge in [-0.05, 0) is 36.8 Å². The Labute approximate surface area is 67.5 Å². The van der Waals surface area contributed by atoms with Crippen molar-refractivity contribution in [1.82, 2.24) is 4.98 Å². The maximum absolute atomic E-state index is 4.44. The van der Waals surface area contributed by atoms with Gasteiger partial charge in [-0.25, -0.2) is 0 Å². The van der Waals surface area contributed by atoms with Gasteiger partial charge in [-0.2, -0.15) is 0 Å². The van der Waals surface area contributed by atoms with Crippen LogP contribution in [0.4, 0.5) is 0 Å². The molecule has 1 heteroatoms. The van der Waals surface area contributed by atoms with E-state index >= 15 is 0 Å². The maximum atomic E-state index is 4.44. The molecule has 0 saturated carbocycles. The SMILES string of the molecule is Cc1cnc2c(c1)CCC2C. The summed E-state index contributed by atoms with van der Waals surface area (Å²) in [4.78, 5) is 4.44. The Balaban J connectivity index is 2.50. The molecule has 0 amide bonds. The van der Waals surface area contributed by atoms with E-state index in [1.807, 2.05) is 6.20 Å². The fraction of sp³-hybridized carbons (Fsp3) is 0.500. The van der Waals surface area contributed by atoms with Gasteiger partial charge in [0.2, 0.25) is 0 Å². The number of pyridine rings is 1. The molecule has 1 aromatic heterocycles. The summed E-state index contributed by atoms with van der Waals surface area (Å²) in [7, 11) is 0. The van der Waals surface area contributed by atoms with E-state index in [1.54, 1.807) is 0 Å². The van der Waals surface area contributed by atoms with Crippen molar-refractivity contribution < 1.29 is 0 Å². The van der Waals surface area contributed by atoms with Gasteiger partial charge in [0.1, 0.15) is 0 Å². The summed E-state index contributed by atoms with van der Waals surface area (Å²) in [6.45, 7) is 4.37. The number of nitrogens with zero attached hydrogens (tertiary/aromatic N) is 1. The summed E-state index contributed by atoms with van der Waals surface area (Å²) in [5, 5.41) is 0. The second-order valence-electron chi connectivity index (χ2n) is 3.50. The highest BCUT2D eigenvalue weighted by Crippen LogP contribution is 2.30. The third-order valence-corrected chi connectivity index (χ3v) is 2.45. The molecule has 2 rings (SSSR count). The van der Waals surface area contributed by atoms with Gasteiger partial charge >= 0.3 is 0 Å². The van der Waals surface area contributed by atoms with Crippen LogP contribution in [0.2, 0.25) is 0 Å². The Hall–Kier alpha value is -0.850. The molecule has 1 unspecified atom stereocenters. The summed E-state index contributed by atoms with van der Waals surface area (Å²) in [5.74, 6) is 0.686. The zero-order valence-corrected chi connectivity index (χ0v) is 7.09. The Morgan fingerprint density at radius 3 is 3.18 bits per heavy atom. The summed E-state index contributed by atoms with van der Waals surface area (Å²) >= 11 is 0. The Morgan fingerprint density at radius 1 is 1.55 bits per heavy atom. The number of hydrogen-bond acceptors (Lipinski definition) is 1. The van der Waals surface area contributed by atoms with Crippen LogP contribution in [0.1, 0.15) is 36.1 Å². The van der Waals surface area contributed by atoms with Crippen molar-refractivity contribution in [1.29, 1.82) is 0 Å². The molecule has 0 aliphatic heterocycles. The summed E-state index contributed by atoms with van der Waals surface area (Å²) in [5.41, 5.74) is 4.09. The van der Waals surface area contributed by atoms with Crippen LogP contribution in [0.3, 0.4) is 0 Å². The van der Waals surface area contributed by atoms with Gasteiger partial charge < -0.3 is 0 Å². The molecule has 58 valence electrons. The van der Waals surface area contributed by atoms with E-state index in [4.69, 9.17) is 0 Å². The predicted molar refractivity (Wildman–Crippen MR) is 45.7 cm³/mol. The fourth-order valence-corrected chi connectivity index (χ4v) is 1.79. The fourth-order valence-electron chi connectivity index (χ4n) is 1.79. The molecule has 1 aromatic rings. The minimum absolute atomic E-state index is 0.686. The van der Waals surface area contributed by atoms with Crippen molar-refractivity contribution in [2.24, 2.45) is 0 Å². The molecule has 0 aromatic carbocycles. The zero-order chi connectivity index (χ0) is 7.84. The van der Waals surface area contributed by atoms with Crippen molar-refractivity contribution in [2.45, 2.75) is 32.6 Å². The number of hydrogen-bond donors (Lipinski definition) is 0. The molecule has 0 radical (unpaired) electrons. The average Bonchev–Trinajstić information content (AvgIpc) is 2.32. The first kappa shape index (κ1) is 6.84. The van der Waals surface area contributed by atoms with E-state index in [-0.39, 0.29) is 0 Å². The Bertz CT molecular complexity index is 278. The number of rotatable bonds is 0. The minimum atomic E-state index is 0.686. The van der Waals surface area contributed by atoms with Crippen molar-refractivity contribution in [2.75, 3.05) is 0 Å². The summed E-state index contributed by atoms with van der Waals surface area (Å²) in [6, 6.07) is 2.27. The van der Waals surface area contributed by atoms with E-state index in [2.05, 4.69) is 24.9 Å². The summed E-state index contributed by atoms with van der Waals surface area (Å²) < 4.78 is 0. The standard InChI is InChI=1S/C10H13N/c1-7-5-9-4-3-8(2)10(9)11-6-7/h5-6,8H,3-4H2,1-2H3. The lowest BCUT2D eigenvalue weighted by Gasteiger charge is -2.02. The predicted octanol–water partition coefficient (Wildman–Crippen LogP) is 2.44. The van der Waals surface area contributed by atoms with Gasteiger partial charge in [-0.3, -0.25) is 4.98 Å². The third-order valence-electron chi connectivity index (χ3n) is 2.45. The van der Waals surface area contributed by atoms with Crippen LogP contribution in [0.15, 0.2) is 12.3 Å². The Morgan fingerprint density at radius 2 is 2.36 bits per heavy atom. The topological polar surface area (TPSA) is 12.9 Å². The molecule has 1 aliphatic carbocycles. The van der Waals surface area contributed by atoms with Crippen LogP contribution >= 0.6 is 0 Å². The number of aryl methyl sites for hydroxylation is 2. The molecule has 1 aliphatic rings. The van der Waals surface area contributed by atoms with Crippen molar-refractivity contribution in [3.63, 3.8) is 0 Å². The van der Waals surface area contributed by atoms with Gasteiger partial charge in [0.15, 0.2) is 0 Å². The number of aromatic nitrogens is 1. The van der Waals surface area contributed by atoms with E-state index in [0.717, 1.165) is 0 Å². The molecule has 0 N–H and O–H groups in total. The largest absolute Gasteiger partial charge is 0.260 e. The molecule has 1 atom stereocenters. The Kier molecular flexibility index (Phi) is 1.45. The maximum Gasteiger partial charge on any atom is 0.0463 e. The molecule has 0 saturated heterocycles. The van der Waals surface area contributed by atoms with E-state index in [1.165, 1.54) is 29.7 Å². The van der Waals surface area contributed by atoms with Crippen LogP contribution in [0.25, 0.3) is 0 Å². The molecule has 11 heavy (non-hydrogen) atoms.